The van der Waals surface area contributed by atoms with E-state index in [9.17, 15) is 4.79 Å². The minimum Gasteiger partial charge on any atom is -0.352 e. The topological polar surface area (TPSA) is 29.1 Å². The number of hydrogen-bond acceptors (Lipinski definition) is 2. The average Bonchev–Trinajstić information content (AvgIpc) is 2.93. The minimum atomic E-state index is -0.639. The molecular formula is C9H8BrCl2NOS. The maximum atomic E-state index is 11.6. The zero-order valence-electron chi connectivity index (χ0n) is 7.60. The van der Waals surface area contributed by atoms with Gasteiger partial charge in [-0.3, -0.25) is 4.79 Å². The van der Waals surface area contributed by atoms with Gasteiger partial charge in [-0.2, -0.15) is 0 Å². The molecule has 1 aliphatic carbocycles. The first-order valence-electron chi connectivity index (χ1n) is 4.47. The van der Waals surface area contributed by atoms with Crippen molar-refractivity contribution in [1.29, 1.82) is 0 Å². The highest BCUT2D eigenvalue weighted by Crippen LogP contribution is 2.37. The van der Waals surface area contributed by atoms with Crippen LogP contribution in [0.15, 0.2) is 10.5 Å². The second-order valence-electron chi connectivity index (χ2n) is 3.42. The summed E-state index contributed by atoms with van der Waals surface area (Å²) in [6.45, 7) is 0. The third-order valence-electron chi connectivity index (χ3n) is 2.07. The number of thiophene rings is 1. The fourth-order valence-electron chi connectivity index (χ4n) is 1.12. The SMILES string of the molecule is O=C(NC1CC1)C(Cl)c1cc(Br)c(Cl)s1. The minimum absolute atomic E-state index is 0.135. The average molecular weight is 329 g/mol. The highest BCUT2D eigenvalue weighted by Gasteiger charge is 2.28. The molecule has 82 valence electrons. The largest absolute Gasteiger partial charge is 0.352 e. The van der Waals surface area contributed by atoms with Crippen LogP contribution in [0.2, 0.25) is 4.34 Å². The normalized spacial score (nSPS) is 17.5. The highest BCUT2D eigenvalue weighted by molar-refractivity contribution is 9.10. The van der Waals surface area contributed by atoms with E-state index in [4.69, 9.17) is 23.2 Å². The van der Waals surface area contributed by atoms with Gasteiger partial charge in [-0.05, 0) is 34.8 Å². The molecule has 1 heterocycles. The molecule has 2 nitrogen and oxygen atoms in total. The van der Waals surface area contributed by atoms with Crippen LogP contribution in [-0.2, 0) is 4.79 Å². The third-order valence-corrected chi connectivity index (χ3v) is 5.17. The van der Waals surface area contributed by atoms with E-state index in [1.807, 2.05) is 0 Å². The molecule has 1 amide bonds. The van der Waals surface area contributed by atoms with Crippen LogP contribution in [0.4, 0.5) is 0 Å². The molecule has 1 aromatic rings. The Morgan fingerprint density at radius 2 is 2.33 bits per heavy atom. The summed E-state index contributed by atoms with van der Waals surface area (Å²) in [4.78, 5) is 12.4. The molecule has 6 heteroatoms. The number of amides is 1. The number of nitrogens with one attached hydrogen (secondary N) is 1. The summed E-state index contributed by atoms with van der Waals surface area (Å²) in [6.07, 6.45) is 2.12. The van der Waals surface area contributed by atoms with E-state index >= 15 is 0 Å². The first kappa shape index (κ1) is 11.7. The summed E-state index contributed by atoms with van der Waals surface area (Å²) in [7, 11) is 0. The molecule has 0 saturated heterocycles. The zero-order chi connectivity index (χ0) is 11.0. The Labute approximate surface area is 110 Å². The lowest BCUT2D eigenvalue weighted by Gasteiger charge is -2.07. The summed E-state index contributed by atoms with van der Waals surface area (Å²) < 4.78 is 1.41. The lowest BCUT2D eigenvalue weighted by molar-refractivity contribution is -0.120. The van der Waals surface area contributed by atoms with Crippen molar-refractivity contribution in [3.05, 3.63) is 19.8 Å². The molecule has 1 atom stereocenters. The van der Waals surface area contributed by atoms with Gasteiger partial charge in [-0.15, -0.1) is 22.9 Å². The van der Waals surface area contributed by atoms with Gasteiger partial charge in [-0.25, -0.2) is 0 Å². The lowest BCUT2D eigenvalue weighted by Crippen LogP contribution is -2.28. The maximum absolute atomic E-state index is 11.6. The number of alkyl halides is 1. The molecule has 1 aromatic heterocycles. The van der Waals surface area contributed by atoms with Gasteiger partial charge in [0.15, 0.2) is 0 Å². The van der Waals surface area contributed by atoms with Crippen LogP contribution in [-0.4, -0.2) is 11.9 Å². The van der Waals surface area contributed by atoms with Crippen LogP contribution < -0.4 is 5.32 Å². The fourth-order valence-corrected chi connectivity index (χ4v) is 3.09. The monoisotopic (exact) mass is 327 g/mol. The molecule has 0 aliphatic heterocycles. The van der Waals surface area contributed by atoms with E-state index in [0.717, 1.165) is 22.2 Å². The Balaban J connectivity index is 2.05. The Morgan fingerprint density at radius 1 is 1.67 bits per heavy atom. The van der Waals surface area contributed by atoms with Crippen molar-refractivity contribution in [3.8, 4) is 0 Å². The molecule has 15 heavy (non-hydrogen) atoms. The van der Waals surface area contributed by atoms with Crippen molar-refractivity contribution in [1.82, 2.24) is 5.32 Å². The number of hydrogen-bond donors (Lipinski definition) is 1. The van der Waals surface area contributed by atoms with Gasteiger partial charge in [-0.1, -0.05) is 11.6 Å². The standard InChI is InChI=1S/C9H8BrCl2NOS/c10-5-3-6(15-8(5)12)7(11)9(14)13-4-1-2-4/h3-4,7H,1-2H2,(H,13,14). The molecule has 0 radical (unpaired) electrons. The van der Waals surface area contributed by atoms with Crippen molar-refractivity contribution >= 4 is 56.4 Å². The van der Waals surface area contributed by atoms with Crippen LogP contribution in [0.1, 0.15) is 23.1 Å². The van der Waals surface area contributed by atoms with Crippen LogP contribution >= 0.6 is 50.5 Å². The van der Waals surface area contributed by atoms with Crippen molar-refractivity contribution in [2.45, 2.75) is 24.3 Å². The molecule has 0 bridgehead atoms. The molecule has 2 rings (SSSR count). The van der Waals surface area contributed by atoms with Crippen molar-refractivity contribution < 1.29 is 4.79 Å². The lowest BCUT2D eigenvalue weighted by atomic mass is 10.3. The molecular weight excluding hydrogens is 321 g/mol. The summed E-state index contributed by atoms with van der Waals surface area (Å²) >= 11 is 16.5. The van der Waals surface area contributed by atoms with Crippen molar-refractivity contribution in [3.63, 3.8) is 0 Å². The summed E-state index contributed by atoms with van der Waals surface area (Å²) in [5.74, 6) is -0.135. The van der Waals surface area contributed by atoms with E-state index in [1.165, 1.54) is 11.3 Å². The number of carbonyl (C=O) groups excluding carboxylic acids is 1. The van der Waals surface area contributed by atoms with Crippen molar-refractivity contribution in [2.24, 2.45) is 0 Å². The van der Waals surface area contributed by atoms with E-state index in [1.54, 1.807) is 6.07 Å². The first-order valence-corrected chi connectivity index (χ1v) is 6.89. The van der Waals surface area contributed by atoms with Gasteiger partial charge in [0.25, 0.3) is 0 Å². The van der Waals surface area contributed by atoms with Crippen LogP contribution in [0.25, 0.3) is 0 Å². The Kier molecular flexibility index (Phi) is 3.60. The van der Waals surface area contributed by atoms with Gasteiger partial charge in [0.2, 0.25) is 5.91 Å². The van der Waals surface area contributed by atoms with Crippen molar-refractivity contribution in [2.75, 3.05) is 0 Å². The second kappa shape index (κ2) is 4.62. The van der Waals surface area contributed by atoms with Gasteiger partial charge in [0.05, 0.1) is 0 Å². The molecule has 1 fully saturated rings. The quantitative estimate of drug-likeness (QED) is 0.842. The highest BCUT2D eigenvalue weighted by atomic mass is 79.9. The zero-order valence-corrected chi connectivity index (χ0v) is 11.5. The maximum Gasteiger partial charge on any atom is 0.243 e. The van der Waals surface area contributed by atoms with Gasteiger partial charge < -0.3 is 5.32 Å². The molecule has 1 aliphatic rings. The predicted octanol–water partition coefficient (Wildman–Crippen LogP) is 3.72. The Bertz CT molecular complexity index is 372. The molecule has 1 saturated carbocycles. The number of carbonyl (C=O) groups is 1. The van der Waals surface area contributed by atoms with Crippen LogP contribution in [0.3, 0.4) is 0 Å². The van der Waals surface area contributed by atoms with Gasteiger partial charge in [0, 0.05) is 15.4 Å². The smallest absolute Gasteiger partial charge is 0.243 e. The van der Waals surface area contributed by atoms with Gasteiger partial charge in [0.1, 0.15) is 9.71 Å². The first-order chi connectivity index (χ1) is 7.08. The number of rotatable bonds is 3. The molecule has 0 spiro atoms. The van der Waals surface area contributed by atoms with E-state index in [2.05, 4.69) is 21.2 Å². The van der Waals surface area contributed by atoms with Gasteiger partial charge >= 0.3 is 0 Å². The number of halogens is 3. The van der Waals surface area contributed by atoms with Crippen LogP contribution in [0, 0.1) is 0 Å². The Morgan fingerprint density at radius 3 is 2.80 bits per heavy atom. The molecule has 1 unspecified atom stereocenters. The summed E-state index contributed by atoms with van der Waals surface area (Å²) in [5, 5.41) is 2.22. The van der Waals surface area contributed by atoms with E-state index < -0.39 is 5.38 Å². The molecule has 1 N–H and O–H groups in total. The van der Waals surface area contributed by atoms with E-state index in [-0.39, 0.29) is 5.91 Å². The Hall–Kier alpha value is 0.230. The second-order valence-corrected chi connectivity index (χ2v) is 6.39. The van der Waals surface area contributed by atoms with Crippen LogP contribution in [0.5, 0.6) is 0 Å². The fraction of sp³-hybridized carbons (Fsp3) is 0.444. The molecule has 0 aromatic carbocycles. The predicted molar refractivity (Wildman–Crippen MR) is 66.8 cm³/mol. The summed E-state index contributed by atoms with van der Waals surface area (Å²) in [5.41, 5.74) is 0. The summed E-state index contributed by atoms with van der Waals surface area (Å²) in [6, 6.07) is 2.12. The van der Waals surface area contributed by atoms with E-state index in [0.29, 0.717) is 10.4 Å². The third kappa shape index (κ3) is 2.87.